The molecule has 4 rings (SSSR count). The molecule has 1 saturated heterocycles. The van der Waals surface area contributed by atoms with Crippen molar-refractivity contribution in [2.24, 2.45) is 11.8 Å². The molecular formula is C19H24N4O. The van der Waals surface area contributed by atoms with Gasteiger partial charge in [0.05, 0.1) is 5.69 Å². The number of carbonyl (C=O) groups excluding carboxylic acids is 1. The summed E-state index contributed by atoms with van der Waals surface area (Å²) < 4.78 is 1.78. The fourth-order valence-corrected chi connectivity index (χ4v) is 3.99. The number of fused-ring (bicyclic) bond motifs is 1. The van der Waals surface area contributed by atoms with E-state index in [1.165, 1.54) is 5.56 Å². The van der Waals surface area contributed by atoms with Crippen LogP contribution in [-0.2, 0) is 13.1 Å². The number of piperidine rings is 1. The van der Waals surface area contributed by atoms with Gasteiger partial charge >= 0.3 is 0 Å². The van der Waals surface area contributed by atoms with Crippen LogP contribution in [0.1, 0.15) is 28.7 Å². The second-order valence-corrected chi connectivity index (χ2v) is 6.99. The summed E-state index contributed by atoms with van der Waals surface area (Å²) in [4.78, 5) is 15.0. The lowest BCUT2D eigenvalue weighted by Gasteiger charge is -2.20. The van der Waals surface area contributed by atoms with E-state index < -0.39 is 0 Å². The maximum absolute atomic E-state index is 12.5. The summed E-state index contributed by atoms with van der Waals surface area (Å²) in [6.45, 7) is 7.83. The van der Waals surface area contributed by atoms with Gasteiger partial charge in [0.2, 0.25) is 0 Å². The molecule has 1 N–H and O–H groups in total. The summed E-state index contributed by atoms with van der Waals surface area (Å²) >= 11 is 0. The fourth-order valence-electron chi connectivity index (χ4n) is 3.99. The molecule has 0 spiro atoms. The molecule has 5 heteroatoms. The predicted octanol–water partition coefficient (Wildman–Crippen LogP) is 2.07. The largest absolute Gasteiger partial charge is 0.347 e. The normalized spacial score (nSPS) is 25.5. The fraction of sp³-hybridized carbons (Fsp3) is 0.474. The standard InChI is InChI=1S/C19H24N4O/c1-3-23-17(9-13(2)21-23)19(24)20-18-15-11-22(12-16(15)18)10-14-7-5-4-6-8-14/h4-9,15-16,18H,3,10-12H2,1-2H3,(H,20,24)/t15-,16+,18?. The number of nitrogens with zero attached hydrogens (tertiary/aromatic N) is 3. The molecule has 1 unspecified atom stereocenters. The first-order valence-corrected chi connectivity index (χ1v) is 8.77. The molecule has 0 bridgehead atoms. The van der Waals surface area contributed by atoms with Crippen LogP contribution < -0.4 is 5.32 Å². The van der Waals surface area contributed by atoms with Gasteiger partial charge in [0.15, 0.2) is 0 Å². The molecule has 2 aromatic rings. The van der Waals surface area contributed by atoms with E-state index >= 15 is 0 Å². The van der Waals surface area contributed by atoms with Crippen LogP contribution >= 0.6 is 0 Å². The van der Waals surface area contributed by atoms with Gasteiger partial charge in [-0.25, -0.2) is 0 Å². The number of benzene rings is 1. The summed E-state index contributed by atoms with van der Waals surface area (Å²) in [7, 11) is 0. The first kappa shape index (κ1) is 15.4. The first-order valence-electron chi connectivity index (χ1n) is 8.77. The summed E-state index contributed by atoms with van der Waals surface area (Å²) in [5.74, 6) is 1.24. The molecule has 1 aromatic carbocycles. The van der Waals surface area contributed by atoms with E-state index in [9.17, 15) is 4.79 Å². The van der Waals surface area contributed by atoms with Crippen molar-refractivity contribution in [2.75, 3.05) is 13.1 Å². The van der Waals surface area contributed by atoms with E-state index in [1.807, 2.05) is 19.9 Å². The van der Waals surface area contributed by atoms with Crippen LogP contribution in [0.4, 0.5) is 0 Å². The van der Waals surface area contributed by atoms with Gasteiger partial charge in [0.1, 0.15) is 5.69 Å². The van der Waals surface area contributed by atoms with Crippen LogP contribution in [0.5, 0.6) is 0 Å². The van der Waals surface area contributed by atoms with Crippen LogP contribution in [0.25, 0.3) is 0 Å². The number of nitrogens with one attached hydrogen (secondary N) is 1. The molecule has 1 amide bonds. The number of hydrogen-bond donors (Lipinski definition) is 1. The topological polar surface area (TPSA) is 50.2 Å². The number of amides is 1. The lowest BCUT2D eigenvalue weighted by molar-refractivity contribution is 0.0932. The first-order chi connectivity index (χ1) is 11.7. The van der Waals surface area contributed by atoms with E-state index in [1.54, 1.807) is 4.68 Å². The minimum Gasteiger partial charge on any atom is -0.347 e. The molecule has 1 aliphatic carbocycles. The Hall–Kier alpha value is -2.14. The van der Waals surface area contributed by atoms with E-state index in [0.29, 0.717) is 23.6 Å². The maximum atomic E-state index is 12.5. The Morgan fingerprint density at radius 2 is 1.96 bits per heavy atom. The Balaban J connectivity index is 1.31. The Labute approximate surface area is 142 Å². The molecule has 2 fully saturated rings. The molecule has 2 aliphatic rings. The second kappa shape index (κ2) is 6.06. The third-order valence-electron chi connectivity index (χ3n) is 5.25. The third kappa shape index (κ3) is 2.84. The Morgan fingerprint density at radius 3 is 2.62 bits per heavy atom. The zero-order chi connectivity index (χ0) is 16.7. The highest BCUT2D eigenvalue weighted by molar-refractivity contribution is 5.93. The van der Waals surface area contributed by atoms with Gasteiger partial charge in [0.25, 0.3) is 5.91 Å². The highest BCUT2D eigenvalue weighted by Gasteiger charge is 2.56. The number of likely N-dealkylation sites (tertiary alicyclic amines) is 1. The Kier molecular flexibility index (Phi) is 3.88. The number of carbonyl (C=O) groups is 1. The highest BCUT2D eigenvalue weighted by atomic mass is 16.2. The molecule has 3 atom stereocenters. The lowest BCUT2D eigenvalue weighted by atomic mass is 10.2. The maximum Gasteiger partial charge on any atom is 0.269 e. The molecule has 1 aromatic heterocycles. The molecule has 126 valence electrons. The van der Waals surface area contributed by atoms with Crippen LogP contribution in [0, 0.1) is 18.8 Å². The van der Waals surface area contributed by atoms with Gasteiger partial charge in [-0.1, -0.05) is 30.3 Å². The van der Waals surface area contributed by atoms with E-state index in [0.717, 1.165) is 31.9 Å². The highest BCUT2D eigenvalue weighted by Crippen LogP contribution is 2.45. The lowest BCUT2D eigenvalue weighted by Crippen LogP contribution is -2.35. The second-order valence-electron chi connectivity index (χ2n) is 6.99. The molecule has 24 heavy (non-hydrogen) atoms. The average molecular weight is 324 g/mol. The molecule has 0 radical (unpaired) electrons. The van der Waals surface area contributed by atoms with Gasteiger partial charge in [-0.3, -0.25) is 14.4 Å². The van der Waals surface area contributed by atoms with Crippen molar-refractivity contribution < 1.29 is 4.79 Å². The number of aromatic nitrogens is 2. The van der Waals surface area contributed by atoms with Crippen molar-refractivity contribution in [1.82, 2.24) is 20.0 Å². The van der Waals surface area contributed by atoms with Gasteiger partial charge in [0, 0.05) is 32.2 Å². The van der Waals surface area contributed by atoms with Gasteiger partial charge in [-0.05, 0) is 37.3 Å². The van der Waals surface area contributed by atoms with Crippen LogP contribution in [0.3, 0.4) is 0 Å². The molecular weight excluding hydrogens is 300 g/mol. The van der Waals surface area contributed by atoms with Crippen molar-refractivity contribution in [3.63, 3.8) is 0 Å². The van der Waals surface area contributed by atoms with Gasteiger partial charge in [-0.2, -0.15) is 5.10 Å². The molecule has 2 heterocycles. The predicted molar refractivity (Wildman–Crippen MR) is 92.6 cm³/mol. The minimum absolute atomic E-state index is 0.0199. The zero-order valence-corrected chi connectivity index (χ0v) is 14.3. The number of rotatable bonds is 5. The average Bonchev–Trinajstić information content (AvgIpc) is 2.92. The molecule has 1 saturated carbocycles. The minimum atomic E-state index is 0.0199. The van der Waals surface area contributed by atoms with Crippen molar-refractivity contribution in [2.45, 2.75) is 33.0 Å². The third-order valence-corrected chi connectivity index (χ3v) is 5.25. The van der Waals surface area contributed by atoms with E-state index in [4.69, 9.17) is 0 Å². The quantitative estimate of drug-likeness (QED) is 0.916. The summed E-state index contributed by atoms with van der Waals surface area (Å²) in [5, 5.41) is 7.57. The van der Waals surface area contributed by atoms with Crippen molar-refractivity contribution in [3.8, 4) is 0 Å². The van der Waals surface area contributed by atoms with E-state index in [-0.39, 0.29) is 5.91 Å². The summed E-state index contributed by atoms with van der Waals surface area (Å²) in [5.41, 5.74) is 2.94. The van der Waals surface area contributed by atoms with Crippen molar-refractivity contribution in [3.05, 3.63) is 53.3 Å². The van der Waals surface area contributed by atoms with Crippen LogP contribution in [0.2, 0.25) is 0 Å². The Morgan fingerprint density at radius 1 is 1.25 bits per heavy atom. The SMILES string of the molecule is CCn1nc(C)cc1C(=O)NC1[C@H]2CN(Cc3ccccc3)C[C@@H]12. The van der Waals surface area contributed by atoms with Crippen LogP contribution in [0.15, 0.2) is 36.4 Å². The monoisotopic (exact) mass is 324 g/mol. The van der Waals surface area contributed by atoms with Crippen molar-refractivity contribution in [1.29, 1.82) is 0 Å². The number of aryl methyl sites for hydroxylation is 2. The molecule has 5 nitrogen and oxygen atoms in total. The van der Waals surface area contributed by atoms with Crippen LogP contribution in [-0.4, -0.2) is 39.7 Å². The molecule has 1 aliphatic heterocycles. The van der Waals surface area contributed by atoms with Gasteiger partial charge < -0.3 is 5.32 Å². The zero-order valence-electron chi connectivity index (χ0n) is 14.3. The smallest absolute Gasteiger partial charge is 0.269 e. The number of hydrogen-bond acceptors (Lipinski definition) is 3. The van der Waals surface area contributed by atoms with Crippen molar-refractivity contribution >= 4 is 5.91 Å². The Bertz CT molecular complexity index is 727. The van der Waals surface area contributed by atoms with Gasteiger partial charge in [-0.15, -0.1) is 0 Å². The summed E-state index contributed by atoms with van der Waals surface area (Å²) in [6, 6.07) is 12.8. The van der Waals surface area contributed by atoms with E-state index in [2.05, 4.69) is 45.6 Å². The summed E-state index contributed by atoms with van der Waals surface area (Å²) in [6.07, 6.45) is 0.